The molecular formula is C22H30N2O2. The standard InChI is InChI=1S/C16H16N2O2.C4H8.C2H6/c1-11(7-9-19)16(20)18(3)14-4-5-15-12(2)17-8-6-13(15)10-14;1-3-4-2;1-2/h4-10H,1-3H3;3-4H,1-2H3;1-2H3/b11-7-;4-3-;. The number of carbonyl (C=O) groups excluding carboxylic acids is 2. The molecule has 0 spiro atoms. The van der Waals surface area contributed by atoms with E-state index in [9.17, 15) is 9.59 Å². The van der Waals surface area contributed by atoms with Gasteiger partial charge in [0.25, 0.3) is 5.91 Å². The SMILES string of the molecule is C/C(=C/C=O)C(=O)N(C)c1ccc2c(C)nccc2c1.C/C=C\C.CC. The van der Waals surface area contributed by atoms with Gasteiger partial charge in [0.15, 0.2) is 0 Å². The molecule has 0 atom stereocenters. The fraction of sp³-hybridized carbons (Fsp3) is 0.318. The fourth-order valence-corrected chi connectivity index (χ4v) is 2.08. The molecule has 0 saturated carbocycles. The molecule has 0 radical (unpaired) electrons. The van der Waals surface area contributed by atoms with Crippen LogP contribution >= 0.6 is 0 Å². The van der Waals surface area contributed by atoms with Crippen molar-refractivity contribution in [2.75, 3.05) is 11.9 Å². The van der Waals surface area contributed by atoms with Crippen molar-refractivity contribution in [3.05, 3.63) is 60.0 Å². The average molecular weight is 354 g/mol. The highest BCUT2D eigenvalue weighted by atomic mass is 16.2. The number of fused-ring (bicyclic) bond motifs is 1. The monoisotopic (exact) mass is 354 g/mol. The summed E-state index contributed by atoms with van der Waals surface area (Å²) >= 11 is 0. The number of aryl methyl sites for hydroxylation is 1. The Morgan fingerprint density at radius 3 is 2.27 bits per heavy atom. The fourth-order valence-electron chi connectivity index (χ4n) is 2.08. The third-order valence-electron chi connectivity index (χ3n) is 3.63. The van der Waals surface area contributed by atoms with E-state index in [0.717, 1.165) is 22.2 Å². The van der Waals surface area contributed by atoms with Gasteiger partial charge in [-0.05, 0) is 57.4 Å². The van der Waals surface area contributed by atoms with Gasteiger partial charge in [0.1, 0.15) is 6.29 Å². The lowest BCUT2D eigenvalue weighted by Gasteiger charge is -2.18. The van der Waals surface area contributed by atoms with Gasteiger partial charge in [-0.2, -0.15) is 0 Å². The van der Waals surface area contributed by atoms with Crippen molar-refractivity contribution in [3.63, 3.8) is 0 Å². The van der Waals surface area contributed by atoms with Crippen molar-refractivity contribution in [1.29, 1.82) is 0 Å². The largest absolute Gasteiger partial charge is 0.312 e. The molecule has 4 nitrogen and oxygen atoms in total. The van der Waals surface area contributed by atoms with Gasteiger partial charge >= 0.3 is 0 Å². The normalized spacial score (nSPS) is 10.5. The summed E-state index contributed by atoms with van der Waals surface area (Å²) in [5.74, 6) is -0.192. The predicted molar refractivity (Wildman–Crippen MR) is 112 cm³/mol. The van der Waals surface area contributed by atoms with Gasteiger partial charge in [0, 0.05) is 35.6 Å². The summed E-state index contributed by atoms with van der Waals surface area (Å²) in [4.78, 5) is 28.3. The lowest BCUT2D eigenvalue weighted by Crippen LogP contribution is -2.26. The number of pyridine rings is 1. The summed E-state index contributed by atoms with van der Waals surface area (Å²) in [5, 5.41) is 2.10. The van der Waals surface area contributed by atoms with Crippen molar-refractivity contribution < 1.29 is 9.59 Å². The summed E-state index contributed by atoms with van der Waals surface area (Å²) in [5.41, 5.74) is 2.15. The summed E-state index contributed by atoms with van der Waals surface area (Å²) < 4.78 is 0. The molecule has 1 amide bonds. The van der Waals surface area contributed by atoms with Gasteiger partial charge in [-0.25, -0.2) is 0 Å². The Morgan fingerprint density at radius 2 is 1.73 bits per heavy atom. The minimum Gasteiger partial charge on any atom is -0.312 e. The maximum absolute atomic E-state index is 12.1. The second-order valence-electron chi connectivity index (χ2n) is 5.32. The maximum Gasteiger partial charge on any atom is 0.253 e. The van der Waals surface area contributed by atoms with Gasteiger partial charge in [0.05, 0.1) is 0 Å². The van der Waals surface area contributed by atoms with Gasteiger partial charge in [-0.3, -0.25) is 14.6 Å². The topological polar surface area (TPSA) is 50.3 Å². The Kier molecular flexibility index (Phi) is 11.3. The van der Waals surface area contributed by atoms with E-state index >= 15 is 0 Å². The highest BCUT2D eigenvalue weighted by Gasteiger charge is 2.13. The van der Waals surface area contributed by atoms with E-state index in [1.54, 1.807) is 20.2 Å². The summed E-state index contributed by atoms with van der Waals surface area (Å²) in [6, 6.07) is 7.69. The number of rotatable bonds is 3. The third kappa shape index (κ3) is 6.63. The second-order valence-corrected chi connectivity index (χ2v) is 5.32. The quantitative estimate of drug-likeness (QED) is 0.429. The molecular weight excluding hydrogens is 324 g/mol. The Balaban J connectivity index is 0.000000920. The van der Waals surface area contributed by atoms with Crippen LogP contribution in [0, 0.1) is 6.92 Å². The first-order chi connectivity index (χ1) is 12.5. The number of carbonyl (C=O) groups is 2. The van der Waals surface area contributed by atoms with E-state index in [0.29, 0.717) is 11.9 Å². The smallest absolute Gasteiger partial charge is 0.253 e. The number of amides is 1. The molecule has 1 aromatic heterocycles. The molecule has 0 unspecified atom stereocenters. The first kappa shape index (κ1) is 23.2. The number of hydrogen-bond donors (Lipinski definition) is 0. The van der Waals surface area contributed by atoms with E-state index in [1.807, 2.05) is 71.0 Å². The number of benzene rings is 1. The van der Waals surface area contributed by atoms with Crippen molar-refractivity contribution in [2.45, 2.75) is 41.5 Å². The van der Waals surface area contributed by atoms with Crippen molar-refractivity contribution in [3.8, 4) is 0 Å². The molecule has 140 valence electrons. The number of anilines is 1. The molecule has 26 heavy (non-hydrogen) atoms. The molecule has 2 aromatic rings. The first-order valence-corrected chi connectivity index (χ1v) is 8.79. The van der Waals surface area contributed by atoms with Crippen LogP contribution in [0.2, 0.25) is 0 Å². The average Bonchev–Trinajstić information content (AvgIpc) is 2.68. The summed E-state index contributed by atoms with van der Waals surface area (Å²) in [6.45, 7) is 11.6. The number of allylic oxidation sites excluding steroid dienone is 3. The summed E-state index contributed by atoms with van der Waals surface area (Å²) in [6.07, 6.45) is 7.64. The van der Waals surface area contributed by atoms with Crippen LogP contribution in [0.4, 0.5) is 5.69 Å². The van der Waals surface area contributed by atoms with E-state index < -0.39 is 0 Å². The molecule has 0 bridgehead atoms. The van der Waals surface area contributed by atoms with Crippen molar-refractivity contribution >= 4 is 28.7 Å². The van der Waals surface area contributed by atoms with E-state index in [4.69, 9.17) is 0 Å². The van der Waals surface area contributed by atoms with E-state index in [-0.39, 0.29) is 5.91 Å². The van der Waals surface area contributed by atoms with Gasteiger partial charge in [-0.1, -0.05) is 32.1 Å². The molecule has 0 aliphatic heterocycles. The molecule has 4 heteroatoms. The number of nitrogens with zero attached hydrogens (tertiary/aromatic N) is 2. The predicted octanol–water partition coefficient (Wildman–Crippen LogP) is 5.26. The van der Waals surface area contributed by atoms with Crippen LogP contribution in [0.1, 0.15) is 40.3 Å². The zero-order valence-electron chi connectivity index (χ0n) is 16.9. The van der Waals surface area contributed by atoms with Gasteiger partial charge < -0.3 is 4.90 Å². The molecule has 0 aliphatic rings. The minimum absolute atomic E-state index is 0.192. The molecule has 1 heterocycles. The lowest BCUT2D eigenvalue weighted by atomic mass is 10.1. The lowest BCUT2D eigenvalue weighted by molar-refractivity contribution is -0.115. The third-order valence-corrected chi connectivity index (χ3v) is 3.63. The molecule has 2 rings (SSSR count). The van der Waals surface area contributed by atoms with Crippen molar-refractivity contribution in [1.82, 2.24) is 4.98 Å². The Bertz CT molecular complexity index is 773. The van der Waals surface area contributed by atoms with Crippen LogP contribution in [0.5, 0.6) is 0 Å². The second kappa shape index (κ2) is 12.6. The van der Waals surface area contributed by atoms with Crippen molar-refractivity contribution in [2.24, 2.45) is 0 Å². The first-order valence-electron chi connectivity index (χ1n) is 8.79. The number of likely N-dealkylation sites (N-methyl/N-ethyl adjacent to an activating group) is 1. The Labute approximate surface area is 157 Å². The molecule has 0 aliphatic carbocycles. The Hall–Kier alpha value is -2.75. The van der Waals surface area contributed by atoms with Crippen LogP contribution in [-0.2, 0) is 9.59 Å². The minimum atomic E-state index is -0.192. The highest BCUT2D eigenvalue weighted by Crippen LogP contribution is 2.23. The van der Waals surface area contributed by atoms with E-state index in [2.05, 4.69) is 4.98 Å². The summed E-state index contributed by atoms with van der Waals surface area (Å²) in [7, 11) is 1.69. The Morgan fingerprint density at radius 1 is 1.12 bits per heavy atom. The van der Waals surface area contributed by atoms with Crippen LogP contribution < -0.4 is 4.90 Å². The van der Waals surface area contributed by atoms with Crippen LogP contribution in [0.15, 0.2) is 54.3 Å². The molecule has 0 saturated heterocycles. The van der Waals surface area contributed by atoms with E-state index in [1.165, 1.54) is 11.0 Å². The molecule has 0 fully saturated rings. The van der Waals surface area contributed by atoms with Crippen LogP contribution in [-0.4, -0.2) is 24.2 Å². The number of aldehydes is 1. The zero-order chi connectivity index (χ0) is 20.1. The zero-order valence-corrected chi connectivity index (χ0v) is 16.9. The van der Waals surface area contributed by atoms with Crippen LogP contribution in [0.3, 0.4) is 0 Å². The number of hydrogen-bond acceptors (Lipinski definition) is 3. The molecule has 1 aromatic carbocycles. The molecule has 0 N–H and O–H groups in total. The highest BCUT2D eigenvalue weighted by molar-refractivity contribution is 6.07. The number of aromatic nitrogens is 1. The van der Waals surface area contributed by atoms with Gasteiger partial charge in [0.2, 0.25) is 0 Å². The maximum atomic E-state index is 12.1. The van der Waals surface area contributed by atoms with Crippen LogP contribution in [0.25, 0.3) is 10.8 Å². The van der Waals surface area contributed by atoms with Gasteiger partial charge in [-0.15, -0.1) is 0 Å².